The number of aliphatic hydroxyl groups excluding tert-OH is 1. The Morgan fingerprint density at radius 3 is 2.46 bits per heavy atom. The molecule has 0 aliphatic rings. The van der Waals surface area contributed by atoms with Gasteiger partial charge in [-0.15, -0.1) is 5.10 Å². The van der Waals surface area contributed by atoms with Gasteiger partial charge >= 0.3 is 5.97 Å². The second-order valence-electron chi connectivity index (χ2n) is 8.11. The van der Waals surface area contributed by atoms with Crippen molar-refractivity contribution in [1.82, 2.24) is 15.0 Å². The number of amides is 1. The Labute approximate surface area is 212 Å². The largest absolute Gasteiger partial charge is 0.481 e. The molecule has 3 aromatic carbocycles. The fraction of sp³-hybridized carbons (Fsp3) is 0.160. The van der Waals surface area contributed by atoms with Crippen molar-refractivity contribution in [2.24, 2.45) is 5.92 Å². The van der Waals surface area contributed by atoms with Crippen LogP contribution in [0.4, 0.5) is 14.5 Å². The molecule has 190 valence electrons. The van der Waals surface area contributed by atoms with Gasteiger partial charge in [-0.25, -0.2) is 13.5 Å². The third-order valence-electron chi connectivity index (χ3n) is 5.76. The van der Waals surface area contributed by atoms with Gasteiger partial charge in [0.1, 0.15) is 16.9 Å². The lowest BCUT2D eigenvalue weighted by molar-refractivity contribution is -0.146. The van der Waals surface area contributed by atoms with Gasteiger partial charge < -0.3 is 15.5 Å². The van der Waals surface area contributed by atoms with Gasteiger partial charge in [-0.3, -0.25) is 14.4 Å². The van der Waals surface area contributed by atoms with E-state index in [1.165, 1.54) is 24.3 Å². The molecule has 0 bridgehead atoms. The average Bonchev–Trinajstić information content (AvgIpc) is 2.88. The summed E-state index contributed by atoms with van der Waals surface area (Å²) in [5, 5.41) is 30.4. The highest BCUT2D eigenvalue weighted by Crippen LogP contribution is 2.27. The fourth-order valence-corrected chi connectivity index (χ4v) is 3.93. The van der Waals surface area contributed by atoms with Crippen LogP contribution >= 0.6 is 11.6 Å². The van der Waals surface area contributed by atoms with Gasteiger partial charge in [0.15, 0.2) is 5.82 Å². The summed E-state index contributed by atoms with van der Waals surface area (Å²) in [6.07, 6.45) is -1.59. The smallest absolute Gasteiger partial charge is 0.309 e. The minimum atomic E-state index is -1.46. The summed E-state index contributed by atoms with van der Waals surface area (Å²) in [6, 6.07) is 13.9. The molecule has 0 aliphatic carbocycles. The number of carboxylic acid groups (broad SMARTS) is 1. The van der Waals surface area contributed by atoms with Crippen LogP contribution in [0.15, 0.2) is 65.5 Å². The van der Waals surface area contributed by atoms with E-state index in [0.717, 1.165) is 16.8 Å². The Balaban J connectivity index is 1.47. The second-order valence-corrected chi connectivity index (χ2v) is 8.51. The van der Waals surface area contributed by atoms with E-state index < -0.39 is 51.7 Å². The molecule has 0 aliphatic heterocycles. The summed E-state index contributed by atoms with van der Waals surface area (Å²) in [6.45, 7) is -0.102. The molecule has 1 amide bonds. The summed E-state index contributed by atoms with van der Waals surface area (Å²) in [7, 11) is 0. The summed E-state index contributed by atoms with van der Waals surface area (Å²) in [5.74, 6) is -5.96. The first-order valence-corrected chi connectivity index (χ1v) is 11.3. The summed E-state index contributed by atoms with van der Waals surface area (Å²) < 4.78 is 29.1. The topological polar surface area (TPSA) is 134 Å². The number of halogens is 3. The Morgan fingerprint density at radius 1 is 1.05 bits per heavy atom. The number of hydrogen-bond donors (Lipinski definition) is 3. The second kappa shape index (κ2) is 10.8. The number of aromatic nitrogens is 3. The molecule has 0 saturated carbocycles. The molecule has 1 aromatic heterocycles. The van der Waals surface area contributed by atoms with Gasteiger partial charge in [-0.1, -0.05) is 41.1 Å². The number of aliphatic carboxylic acids is 1. The van der Waals surface area contributed by atoms with Gasteiger partial charge in [0.25, 0.3) is 11.5 Å². The van der Waals surface area contributed by atoms with Gasteiger partial charge in [0.2, 0.25) is 0 Å². The zero-order valence-corrected chi connectivity index (χ0v) is 19.7. The molecule has 12 heteroatoms. The molecule has 37 heavy (non-hydrogen) atoms. The number of rotatable bonds is 8. The highest BCUT2D eigenvalue weighted by molar-refractivity contribution is 6.31. The molecule has 0 radical (unpaired) electrons. The van der Waals surface area contributed by atoms with E-state index in [1.54, 1.807) is 24.3 Å². The van der Waals surface area contributed by atoms with Crippen molar-refractivity contribution in [3.63, 3.8) is 0 Å². The molecule has 0 spiro atoms. The van der Waals surface area contributed by atoms with Crippen molar-refractivity contribution in [2.75, 3.05) is 5.32 Å². The minimum Gasteiger partial charge on any atom is -0.481 e. The van der Waals surface area contributed by atoms with Crippen molar-refractivity contribution in [2.45, 2.75) is 19.1 Å². The fourth-order valence-electron chi connectivity index (χ4n) is 3.77. The molecule has 2 atom stereocenters. The number of aliphatic hydroxyl groups is 1. The molecule has 0 saturated heterocycles. The maximum Gasteiger partial charge on any atom is 0.309 e. The van der Waals surface area contributed by atoms with Crippen LogP contribution in [0.2, 0.25) is 5.02 Å². The van der Waals surface area contributed by atoms with Crippen LogP contribution in [-0.2, 0) is 11.3 Å². The maximum atomic E-state index is 14.1. The summed E-state index contributed by atoms with van der Waals surface area (Å²) in [5.41, 5.74) is -0.523. The maximum absolute atomic E-state index is 14.1. The highest BCUT2D eigenvalue weighted by atomic mass is 35.5. The van der Waals surface area contributed by atoms with Gasteiger partial charge in [0, 0.05) is 12.2 Å². The van der Waals surface area contributed by atoms with Crippen molar-refractivity contribution in [3.05, 3.63) is 98.8 Å². The molecular weight excluding hydrogens is 510 g/mol. The molecule has 1 heterocycles. The Kier molecular flexibility index (Phi) is 7.55. The SMILES string of the molecule is O=C(Nc1ccc(C(O)[C@H](CCn2nnc3ccccc3c2=O)C(=O)O)cc1)c1c(F)ccc(Cl)c1F. The molecule has 4 aromatic rings. The number of benzene rings is 3. The minimum absolute atomic E-state index is 0.102. The summed E-state index contributed by atoms with van der Waals surface area (Å²) >= 11 is 5.62. The summed E-state index contributed by atoms with van der Waals surface area (Å²) in [4.78, 5) is 36.8. The van der Waals surface area contributed by atoms with Crippen LogP contribution in [-0.4, -0.2) is 37.1 Å². The van der Waals surface area contributed by atoms with Crippen molar-refractivity contribution in [1.29, 1.82) is 0 Å². The number of carbonyl (C=O) groups is 2. The van der Waals surface area contributed by atoms with Crippen LogP contribution in [0.3, 0.4) is 0 Å². The van der Waals surface area contributed by atoms with Crippen LogP contribution in [0.1, 0.15) is 28.4 Å². The van der Waals surface area contributed by atoms with Crippen LogP contribution in [0, 0.1) is 17.6 Å². The Morgan fingerprint density at radius 2 is 1.76 bits per heavy atom. The highest BCUT2D eigenvalue weighted by Gasteiger charge is 2.28. The van der Waals surface area contributed by atoms with Crippen LogP contribution in [0.25, 0.3) is 10.9 Å². The normalized spacial score (nSPS) is 12.8. The number of carbonyl (C=O) groups excluding carboxylic acids is 1. The molecular formula is C25H19ClF2N4O5. The number of nitrogens with zero attached hydrogens (tertiary/aromatic N) is 3. The van der Waals surface area contributed by atoms with Crippen LogP contribution < -0.4 is 10.9 Å². The molecule has 9 nitrogen and oxygen atoms in total. The van der Waals surface area contributed by atoms with Gasteiger partial charge in [0.05, 0.1) is 22.4 Å². The van der Waals surface area contributed by atoms with E-state index in [0.29, 0.717) is 10.9 Å². The van der Waals surface area contributed by atoms with E-state index in [4.69, 9.17) is 11.6 Å². The first-order valence-electron chi connectivity index (χ1n) is 11.0. The van der Waals surface area contributed by atoms with E-state index >= 15 is 0 Å². The molecule has 0 fully saturated rings. The lowest BCUT2D eigenvalue weighted by Gasteiger charge is -2.20. The Hall–Kier alpha value is -4.22. The first-order chi connectivity index (χ1) is 17.7. The third kappa shape index (κ3) is 5.47. The zero-order valence-electron chi connectivity index (χ0n) is 18.9. The van der Waals surface area contributed by atoms with Gasteiger partial charge in [-0.05, 0) is 48.4 Å². The lowest BCUT2D eigenvalue weighted by atomic mass is 9.92. The monoisotopic (exact) mass is 528 g/mol. The lowest BCUT2D eigenvalue weighted by Crippen LogP contribution is -2.29. The number of anilines is 1. The number of hydrogen-bond acceptors (Lipinski definition) is 6. The third-order valence-corrected chi connectivity index (χ3v) is 6.05. The van der Waals surface area contributed by atoms with Crippen molar-refractivity contribution in [3.8, 4) is 0 Å². The molecule has 4 rings (SSSR count). The quantitative estimate of drug-likeness (QED) is 0.296. The predicted octanol–water partition coefficient (Wildman–Crippen LogP) is 3.80. The number of fused-ring (bicyclic) bond motifs is 1. The molecule has 1 unspecified atom stereocenters. The van der Waals surface area contributed by atoms with Crippen LogP contribution in [0.5, 0.6) is 0 Å². The standard InChI is InChI=1S/C25H19ClF2N4O5/c26-17-9-10-18(27)20(21(17)28)23(34)29-14-7-5-13(6-8-14)22(33)16(25(36)37)11-12-32-24(35)15-3-1-2-4-19(15)30-31-32/h1-10,16,22,33H,11-12H2,(H,29,34)(H,36,37)/t16-,22?/m0/s1. The predicted molar refractivity (Wildman–Crippen MR) is 130 cm³/mol. The van der Waals surface area contributed by atoms with Crippen molar-refractivity contribution < 1.29 is 28.6 Å². The van der Waals surface area contributed by atoms with Gasteiger partial charge in [-0.2, -0.15) is 0 Å². The molecule has 3 N–H and O–H groups in total. The van der Waals surface area contributed by atoms with E-state index in [2.05, 4.69) is 15.6 Å². The number of nitrogens with one attached hydrogen (secondary N) is 1. The van der Waals surface area contributed by atoms with E-state index in [1.807, 2.05) is 0 Å². The Bertz CT molecular complexity index is 1540. The van der Waals surface area contributed by atoms with E-state index in [9.17, 15) is 33.4 Å². The average molecular weight is 529 g/mol. The van der Waals surface area contributed by atoms with E-state index in [-0.39, 0.29) is 24.2 Å². The number of carboxylic acids is 1. The first kappa shape index (κ1) is 25.9. The number of aryl methyl sites for hydroxylation is 1. The zero-order chi connectivity index (χ0) is 26.7. The van der Waals surface area contributed by atoms with Crippen molar-refractivity contribution >= 4 is 40.1 Å².